The van der Waals surface area contributed by atoms with Crippen molar-refractivity contribution >= 4 is 23.2 Å². The van der Waals surface area contributed by atoms with Crippen molar-refractivity contribution in [3.8, 4) is 0 Å². The van der Waals surface area contributed by atoms with Gasteiger partial charge in [0.2, 0.25) is 5.15 Å². The summed E-state index contributed by atoms with van der Waals surface area (Å²) >= 11 is 5.73. The van der Waals surface area contributed by atoms with Crippen molar-refractivity contribution in [3.63, 3.8) is 0 Å². The van der Waals surface area contributed by atoms with Crippen molar-refractivity contribution in [2.24, 2.45) is 5.92 Å². The Kier molecular flexibility index (Phi) is 5.12. The number of pyridine rings is 1. The number of aromatic nitrogens is 1. The molecule has 1 saturated carbocycles. The molecule has 1 amide bonds. The average Bonchev–Trinajstić information content (AvgIpc) is 2.47. The SMILES string of the molecule is CCC1CCCCC1NC(=O)c1ccnc(Cl)c1[N+](=O)[O-]. The molecule has 1 aromatic heterocycles. The molecule has 2 unspecified atom stereocenters. The highest BCUT2D eigenvalue weighted by Crippen LogP contribution is 2.29. The Hall–Kier alpha value is -1.69. The largest absolute Gasteiger partial charge is 0.349 e. The van der Waals surface area contributed by atoms with Crippen LogP contribution in [0.5, 0.6) is 0 Å². The molecule has 1 aromatic rings. The zero-order chi connectivity index (χ0) is 15.4. The fraction of sp³-hybridized carbons (Fsp3) is 0.571. The van der Waals surface area contributed by atoms with Crippen molar-refractivity contribution in [1.29, 1.82) is 0 Å². The number of carbonyl (C=O) groups is 1. The Bertz CT molecular complexity index is 550. The van der Waals surface area contributed by atoms with E-state index >= 15 is 0 Å². The second-order valence-electron chi connectivity index (χ2n) is 5.29. The van der Waals surface area contributed by atoms with E-state index in [1.807, 2.05) is 0 Å². The Morgan fingerprint density at radius 1 is 1.52 bits per heavy atom. The first kappa shape index (κ1) is 15.7. The lowest BCUT2D eigenvalue weighted by molar-refractivity contribution is -0.385. The molecule has 0 bridgehead atoms. The lowest BCUT2D eigenvalue weighted by Gasteiger charge is -2.31. The highest BCUT2D eigenvalue weighted by molar-refractivity contribution is 6.32. The van der Waals surface area contributed by atoms with Crippen LogP contribution >= 0.6 is 11.6 Å². The Labute approximate surface area is 128 Å². The fourth-order valence-electron chi connectivity index (χ4n) is 2.92. The van der Waals surface area contributed by atoms with Crippen molar-refractivity contribution < 1.29 is 9.72 Å². The number of rotatable bonds is 4. The molecular weight excluding hydrogens is 294 g/mol. The Morgan fingerprint density at radius 2 is 2.24 bits per heavy atom. The topological polar surface area (TPSA) is 85.1 Å². The van der Waals surface area contributed by atoms with Gasteiger partial charge in [-0.25, -0.2) is 4.98 Å². The quantitative estimate of drug-likeness (QED) is 0.525. The lowest BCUT2D eigenvalue weighted by Crippen LogP contribution is -2.42. The van der Waals surface area contributed by atoms with Gasteiger partial charge in [0.05, 0.1) is 4.92 Å². The fourth-order valence-corrected chi connectivity index (χ4v) is 3.14. The van der Waals surface area contributed by atoms with E-state index in [0.29, 0.717) is 5.92 Å². The van der Waals surface area contributed by atoms with Gasteiger partial charge in [0.1, 0.15) is 5.56 Å². The zero-order valence-corrected chi connectivity index (χ0v) is 12.6. The van der Waals surface area contributed by atoms with Gasteiger partial charge >= 0.3 is 5.69 Å². The van der Waals surface area contributed by atoms with E-state index in [4.69, 9.17) is 11.6 Å². The molecule has 0 aromatic carbocycles. The molecule has 1 aliphatic rings. The molecule has 1 fully saturated rings. The molecule has 21 heavy (non-hydrogen) atoms. The number of nitrogens with zero attached hydrogens (tertiary/aromatic N) is 2. The van der Waals surface area contributed by atoms with E-state index in [1.54, 1.807) is 0 Å². The van der Waals surface area contributed by atoms with E-state index in [2.05, 4.69) is 17.2 Å². The summed E-state index contributed by atoms with van der Waals surface area (Å²) in [6.07, 6.45) is 6.54. The smallest absolute Gasteiger partial charge is 0.319 e. The van der Waals surface area contributed by atoms with Crippen LogP contribution in [0.15, 0.2) is 12.3 Å². The van der Waals surface area contributed by atoms with Gasteiger partial charge in [-0.2, -0.15) is 0 Å². The summed E-state index contributed by atoms with van der Waals surface area (Å²) in [7, 11) is 0. The van der Waals surface area contributed by atoms with Gasteiger partial charge in [0, 0.05) is 12.2 Å². The van der Waals surface area contributed by atoms with E-state index in [9.17, 15) is 14.9 Å². The Morgan fingerprint density at radius 3 is 2.90 bits per heavy atom. The van der Waals surface area contributed by atoms with Crippen molar-refractivity contribution in [3.05, 3.63) is 33.1 Å². The van der Waals surface area contributed by atoms with Crippen LogP contribution in [0.2, 0.25) is 5.15 Å². The summed E-state index contributed by atoms with van der Waals surface area (Å²) in [6, 6.07) is 1.41. The van der Waals surface area contributed by atoms with Crippen LogP contribution in [0.4, 0.5) is 5.69 Å². The molecule has 2 atom stereocenters. The minimum absolute atomic E-state index is 0.0274. The molecule has 0 aliphatic heterocycles. The van der Waals surface area contributed by atoms with Gasteiger partial charge in [0.25, 0.3) is 5.91 Å². The molecule has 7 heteroatoms. The van der Waals surface area contributed by atoms with Gasteiger partial charge in [-0.1, -0.05) is 37.8 Å². The number of hydrogen-bond donors (Lipinski definition) is 1. The number of nitrogens with one attached hydrogen (secondary N) is 1. The third-order valence-electron chi connectivity index (χ3n) is 4.06. The number of carbonyl (C=O) groups excluding carboxylic acids is 1. The van der Waals surface area contributed by atoms with E-state index in [0.717, 1.165) is 25.7 Å². The van der Waals surface area contributed by atoms with Crippen LogP contribution in [0, 0.1) is 16.0 Å². The van der Waals surface area contributed by atoms with Crippen LogP contribution in [-0.2, 0) is 0 Å². The molecule has 1 aliphatic carbocycles. The minimum atomic E-state index is -0.664. The maximum absolute atomic E-state index is 12.3. The predicted octanol–water partition coefficient (Wildman–Crippen LogP) is 3.34. The van der Waals surface area contributed by atoms with Crippen molar-refractivity contribution in [2.75, 3.05) is 0 Å². The number of hydrogen-bond acceptors (Lipinski definition) is 4. The summed E-state index contributed by atoms with van der Waals surface area (Å²) in [6.45, 7) is 2.10. The second kappa shape index (κ2) is 6.85. The molecule has 0 saturated heterocycles. The highest BCUT2D eigenvalue weighted by atomic mass is 35.5. The van der Waals surface area contributed by atoms with Crippen LogP contribution in [0.1, 0.15) is 49.4 Å². The molecule has 1 heterocycles. The summed E-state index contributed by atoms with van der Waals surface area (Å²) < 4.78 is 0. The standard InChI is InChI=1S/C14H18ClN3O3/c1-2-9-5-3-4-6-11(9)17-14(19)10-7-8-16-13(15)12(10)18(20)21/h7-9,11H,2-6H2,1H3,(H,17,19). The van der Waals surface area contributed by atoms with Crippen molar-refractivity contribution in [1.82, 2.24) is 10.3 Å². The summed E-state index contributed by atoms with van der Waals surface area (Å²) in [5.74, 6) is -0.0181. The van der Waals surface area contributed by atoms with E-state index in [-0.39, 0.29) is 16.8 Å². The van der Waals surface area contributed by atoms with Crippen LogP contribution < -0.4 is 5.32 Å². The zero-order valence-electron chi connectivity index (χ0n) is 11.8. The third kappa shape index (κ3) is 3.50. The molecule has 6 nitrogen and oxygen atoms in total. The first-order valence-corrected chi connectivity index (χ1v) is 7.52. The van der Waals surface area contributed by atoms with Gasteiger partial charge in [-0.05, 0) is 24.8 Å². The number of halogens is 1. The van der Waals surface area contributed by atoms with E-state index in [1.165, 1.54) is 18.7 Å². The normalized spacial score (nSPS) is 21.8. The van der Waals surface area contributed by atoms with Crippen LogP contribution in [0.25, 0.3) is 0 Å². The minimum Gasteiger partial charge on any atom is -0.349 e. The summed E-state index contributed by atoms with van der Waals surface area (Å²) in [4.78, 5) is 26.4. The van der Waals surface area contributed by atoms with Crippen LogP contribution in [-0.4, -0.2) is 21.9 Å². The number of nitro groups is 1. The molecule has 114 valence electrons. The predicted molar refractivity (Wildman–Crippen MR) is 79.4 cm³/mol. The second-order valence-corrected chi connectivity index (χ2v) is 5.65. The number of amides is 1. The summed E-state index contributed by atoms with van der Waals surface area (Å²) in [5, 5.41) is 13.7. The van der Waals surface area contributed by atoms with E-state index < -0.39 is 16.5 Å². The first-order valence-electron chi connectivity index (χ1n) is 7.14. The van der Waals surface area contributed by atoms with Gasteiger partial charge in [-0.15, -0.1) is 0 Å². The van der Waals surface area contributed by atoms with Gasteiger partial charge in [0.15, 0.2) is 0 Å². The van der Waals surface area contributed by atoms with Gasteiger partial charge in [-0.3, -0.25) is 14.9 Å². The average molecular weight is 312 g/mol. The maximum Gasteiger partial charge on any atom is 0.319 e. The molecule has 0 radical (unpaired) electrons. The van der Waals surface area contributed by atoms with Crippen molar-refractivity contribution in [2.45, 2.75) is 45.1 Å². The highest BCUT2D eigenvalue weighted by Gasteiger charge is 2.29. The van der Waals surface area contributed by atoms with Gasteiger partial charge < -0.3 is 5.32 Å². The molecule has 1 N–H and O–H groups in total. The summed E-state index contributed by atoms with van der Waals surface area (Å²) in [5.41, 5.74) is -0.457. The maximum atomic E-state index is 12.3. The Balaban J connectivity index is 2.20. The monoisotopic (exact) mass is 311 g/mol. The van der Waals surface area contributed by atoms with Crippen LogP contribution in [0.3, 0.4) is 0 Å². The third-order valence-corrected chi connectivity index (χ3v) is 4.33. The molecular formula is C14H18ClN3O3. The first-order chi connectivity index (χ1) is 10.0. The molecule has 0 spiro atoms. The molecule has 2 rings (SSSR count). The lowest BCUT2D eigenvalue weighted by atomic mass is 9.83.